The second-order valence-electron chi connectivity index (χ2n) is 5.66. The topological polar surface area (TPSA) is 78.5 Å². The minimum atomic E-state index is -0.644. The smallest absolute Gasteiger partial charge is 0.251 e. The first-order valence-electron chi connectivity index (χ1n) is 8.50. The van der Waals surface area contributed by atoms with E-state index in [0.29, 0.717) is 38.0 Å². The van der Waals surface area contributed by atoms with Gasteiger partial charge in [-0.15, -0.1) is 0 Å². The Hall–Kier alpha value is -1.89. The molecule has 0 spiro atoms. The molecule has 1 atom stereocenters. The molecule has 0 aromatic heterocycles. The number of nitrogens with zero attached hydrogens (tertiary/aromatic N) is 1. The minimum Gasteiger partial charge on any atom is -0.354 e. The summed E-state index contributed by atoms with van der Waals surface area (Å²) in [5, 5.41) is 5.41. The monoisotopic (exact) mass is 411 g/mol. The van der Waals surface area contributed by atoms with Crippen molar-refractivity contribution < 1.29 is 14.4 Å². The van der Waals surface area contributed by atoms with Crippen molar-refractivity contribution >= 4 is 33.7 Å². The summed E-state index contributed by atoms with van der Waals surface area (Å²) in [7, 11) is 0. The molecule has 1 rings (SSSR count). The van der Waals surface area contributed by atoms with E-state index in [9.17, 15) is 14.4 Å². The van der Waals surface area contributed by atoms with Gasteiger partial charge in [-0.2, -0.15) is 0 Å². The number of hydrogen-bond acceptors (Lipinski definition) is 3. The van der Waals surface area contributed by atoms with E-state index in [0.717, 1.165) is 4.47 Å². The Morgan fingerprint density at radius 3 is 2.28 bits per heavy atom. The molecule has 0 fully saturated rings. The predicted octanol–water partition coefficient (Wildman–Crippen LogP) is 2.33. The van der Waals surface area contributed by atoms with Gasteiger partial charge in [0.05, 0.1) is 0 Å². The molecule has 0 unspecified atom stereocenters. The maximum atomic E-state index is 12.1. The molecule has 138 valence electrons. The van der Waals surface area contributed by atoms with Gasteiger partial charge in [0.15, 0.2) is 0 Å². The van der Waals surface area contributed by atoms with Crippen molar-refractivity contribution in [3.05, 3.63) is 34.3 Å². The van der Waals surface area contributed by atoms with Crippen molar-refractivity contribution in [2.75, 3.05) is 19.6 Å². The molecule has 1 aromatic rings. The molecule has 0 aliphatic heterocycles. The van der Waals surface area contributed by atoms with Crippen molar-refractivity contribution in [3.63, 3.8) is 0 Å². The van der Waals surface area contributed by atoms with Crippen LogP contribution in [0.4, 0.5) is 0 Å². The third-order valence-electron chi connectivity index (χ3n) is 3.83. The number of rotatable bonds is 9. The van der Waals surface area contributed by atoms with Gasteiger partial charge < -0.3 is 15.5 Å². The molecule has 1 aromatic carbocycles. The van der Waals surface area contributed by atoms with Crippen LogP contribution in [0.25, 0.3) is 0 Å². The number of nitrogens with one attached hydrogen (secondary N) is 2. The molecule has 0 aliphatic carbocycles. The first-order chi connectivity index (χ1) is 11.9. The molecule has 2 N–H and O–H groups in total. The lowest BCUT2D eigenvalue weighted by atomic mass is 10.2. The van der Waals surface area contributed by atoms with Crippen LogP contribution in [0.15, 0.2) is 28.7 Å². The van der Waals surface area contributed by atoms with E-state index >= 15 is 0 Å². The standard InChI is InChI=1S/C18H26BrN3O3/c1-4-22(5-2)16(23)7-6-12-20-17(24)13(3)21-18(25)14-8-10-15(19)11-9-14/h8-11,13H,4-7,12H2,1-3H3,(H,20,24)(H,21,25)/t13-/m0/s1. The third kappa shape index (κ3) is 7.25. The molecule has 0 bridgehead atoms. The van der Waals surface area contributed by atoms with E-state index < -0.39 is 6.04 Å². The highest BCUT2D eigenvalue weighted by Crippen LogP contribution is 2.10. The molecular formula is C18H26BrN3O3. The van der Waals surface area contributed by atoms with Crippen molar-refractivity contribution in [2.24, 2.45) is 0 Å². The van der Waals surface area contributed by atoms with Crippen molar-refractivity contribution in [1.82, 2.24) is 15.5 Å². The van der Waals surface area contributed by atoms with E-state index in [1.807, 2.05) is 13.8 Å². The SMILES string of the molecule is CCN(CC)C(=O)CCCNC(=O)[C@H](C)NC(=O)c1ccc(Br)cc1. The second-order valence-corrected chi connectivity index (χ2v) is 6.58. The van der Waals surface area contributed by atoms with Gasteiger partial charge in [-0.1, -0.05) is 15.9 Å². The molecular weight excluding hydrogens is 386 g/mol. The average molecular weight is 412 g/mol. The molecule has 0 heterocycles. The van der Waals surface area contributed by atoms with Gasteiger partial charge >= 0.3 is 0 Å². The molecule has 7 heteroatoms. The summed E-state index contributed by atoms with van der Waals surface area (Å²) < 4.78 is 0.883. The maximum absolute atomic E-state index is 12.1. The van der Waals surface area contributed by atoms with Gasteiger partial charge in [0.1, 0.15) is 6.04 Å². The fourth-order valence-electron chi connectivity index (χ4n) is 2.29. The van der Waals surface area contributed by atoms with Crippen molar-refractivity contribution in [3.8, 4) is 0 Å². The Kier molecular flexibility index (Phi) is 9.20. The Morgan fingerprint density at radius 1 is 1.12 bits per heavy atom. The largest absolute Gasteiger partial charge is 0.354 e. The maximum Gasteiger partial charge on any atom is 0.251 e. The summed E-state index contributed by atoms with van der Waals surface area (Å²) in [4.78, 5) is 37.7. The number of hydrogen-bond donors (Lipinski definition) is 2. The number of amides is 3. The molecule has 0 aliphatic rings. The zero-order valence-electron chi connectivity index (χ0n) is 15.0. The summed E-state index contributed by atoms with van der Waals surface area (Å²) in [6.45, 7) is 7.32. The fourth-order valence-corrected chi connectivity index (χ4v) is 2.55. The number of carbonyl (C=O) groups is 3. The molecule has 0 saturated carbocycles. The van der Waals surface area contributed by atoms with Gasteiger partial charge in [0, 0.05) is 36.1 Å². The number of carbonyl (C=O) groups excluding carboxylic acids is 3. The van der Waals surface area contributed by atoms with Crippen molar-refractivity contribution in [2.45, 2.75) is 39.7 Å². The molecule has 25 heavy (non-hydrogen) atoms. The molecule has 6 nitrogen and oxygen atoms in total. The van der Waals surface area contributed by atoms with E-state index in [1.54, 1.807) is 36.1 Å². The lowest BCUT2D eigenvalue weighted by molar-refractivity contribution is -0.131. The quantitative estimate of drug-likeness (QED) is 0.612. The van der Waals surface area contributed by atoms with Gasteiger partial charge in [0.2, 0.25) is 11.8 Å². The summed E-state index contributed by atoms with van der Waals surface area (Å²) in [5.41, 5.74) is 0.493. The summed E-state index contributed by atoms with van der Waals surface area (Å²) in [6.07, 6.45) is 0.982. The molecule has 0 radical (unpaired) electrons. The van der Waals surface area contributed by atoms with Gasteiger partial charge in [-0.3, -0.25) is 14.4 Å². The minimum absolute atomic E-state index is 0.0934. The number of halogens is 1. The number of benzene rings is 1. The van der Waals surface area contributed by atoms with Crippen LogP contribution in [-0.4, -0.2) is 48.3 Å². The van der Waals surface area contributed by atoms with Crippen LogP contribution in [0.1, 0.15) is 44.0 Å². The molecule has 0 saturated heterocycles. The zero-order valence-corrected chi connectivity index (χ0v) is 16.6. The van der Waals surface area contributed by atoms with E-state index in [2.05, 4.69) is 26.6 Å². The van der Waals surface area contributed by atoms with Gasteiger partial charge in [-0.05, 0) is 51.5 Å². The van der Waals surface area contributed by atoms with Crippen LogP contribution < -0.4 is 10.6 Å². The van der Waals surface area contributed by atoms with E-state index in [1.165, 1.54) is 0 Å². The highest BCUT2D eigenvalue weighted by Gasteiger charge is 2.16. The highest BCUT2D eigenvalue weighted by atomic mass is 79.9. The zero-order chi connectivity index (χ0) is 18.8. The fraction of sp³-hybridized carbons (Fsp3) is 0.500. The predicted molar refractivity (Wildman–Crippen MR) is 101 cm³/mol. The van der Waals surface area contributed by atoms with E-state index in [4.69, 9.17) is 0 Å². The van der Waals surface area contributed by atoms with Crippen LogP contribution in [-0.2, 0) is 9.59 Å². The highest BCUT2D eigenvalue weighted by molar-refractivity contribution is 9.10. The Bertz CT molecular complexity index is 586. The van der Waals surface area contributed by atoms with Crippen LogP contribution in [0.2, 0.25) is 0 Å². The van der Waals surface area contributed by atoms with Gasteiger partial charge in [0.25, 0.3) is 5.91 Å². The normalized spacial score (nSPS) is 11.5. The van der Waals surface area contributed by atoms with Crippen molar-refractivity contribution in [1.29, 1.82) is 0 Å². The van der Waals surface area contributed by atoms with Crippen LogP contribution >= 0.6 is 15.9 Å². The first-order valence-corrected chi connectivity index (χ1v) is 9.30. The lowest BCUT2D eigenvalue weighted by Crippen LogP contribution is -2.45. The van der Waals surface area contributed by atoms with Gasteiger partial charge in [-0.25, -0.2) is 0 Å². The average Bonchev–Trinajstić information content (AvgIpc) is 2.60. The Morgan fingerprint density at radius 2 is 1.72 bits per heavy atom. The van der Waals surface area contributed by atoms with E-state index in [-0.39, 0.29) is 17.7 Å². The molecule has 3 amide bonds. The van der Waals surface area contributed by atoms with Crippen LogP contribution in [0.3, 0.4) is 0 Å². The third-order valence-corrected chi connectivity index (χ3v) is 4.36. The summed E-state index contributed by atoms with van der Waals surface area (Å²) in [5.74, 6) is -0.469. The first kappa shape index (κ1) is 21.2. The lowest BCUT2D eigenvalue weighted by Gasteiger charge is -2.18. The second kappa shape index (κ2) is 10.9. The Balaban J connectivity index is 2.33. The summed E-state index contributed by atoms with van der Waals surface area (Å²) >= 11 is 3.31. The summed E-state index contributed by atoms with van der Waals surface area (Å²) in [6, 6.07) is 6.26. The van der Waals surface area contributed by atoms with Crippen LogP contribution in [0, 0.1) is 0 Å². The Labute approximate surface area is 157 Å². The van der Waals surface area contributed by atoms with Crippen LogP contribution in [0.5, 0.6) is 0 Å².